The molecule has 0 unspecified atom stereocenters. The summed E-state index contributed by atoms with van der Waals surface area (Å²) in [6.07, 6.45) is 7.60. The summed E-state index contributed by atoms with van der Waals surface area (Å²) in [5.41, 5.74) is 1.48. The van der Waals surface area contributed by atoms with Gasteiger partial charge in [-0.05, 0) is 60.6 Å². The molecule has 2 bridgehead atoms. The quantitative estimate of drug-likeness (QED) is 0.324. The molecule has 1 heterocycles. The van der Waals surface area contributed by atoms with Crippen LogP contribution >= 0.6 is 23.2 Å². The second kappa shape index (κ2) is 8.84. The monoisotopic (exact) mass is 484 g/mol. The van der Waals surface area contributed by atoms with Gasteiger partial charge in [-0.2, -0.15) is 10.1 Å². The van der Waals surface area contributed by atoms with Crippen LogP contribution in [0.3, 0.4) is 0 Å². The first kappa shape index (κ1) is 22.0. The van der Waals surface area contributed by atoms with Gasteiger partial charge in [0, 0.05) is 15.6 Å². The molecule has 0 radical (unpaired) electrons. The van der Waals surface area contributed by atoms with E-state index in [2.05, 4.69) is 17.3 Å². The molecule has 2 aromatic carbocycles. The number of carbonyl (C=O) groups excluding carboxylic acids is 2. The molecule has 33 heavy (non-hydrogen) atoms. The number of amides is 2. The Kier molecular flexibility index (Phi) is 5.89. The van der Waals surface area contributed by atoms with E-state index in [1.807, 2.05) is 6.07 Å². The molecular formula is C25H22Cl2N2O4. The van der Waals surface area contributed by atoms with Crippen LogP contribution in [0.1, 0.15) is 24.0 Å². The number of allylic oxidation sites excluding steroid dienone is 2. The Morgan fingerprint density at radius 1 is 1.00 bits per heavy atom. The average molecular weight is 485 g/mol. The number of imide groups is 1. The summed E-state index contributed by atoms with van der Waals surface area (Å²) in [6, 6.07) is 10.5. The molecule has 170 valence electrons. The Bertz CT molecular complexity index is 1150. The Morgan fingerprint density at radius 2 is 1.70 bits per heavy atom. The number of ether oxygens (including phenoxy) is 2. The molecule has 0 N–H and O–H groups in total. The Balaban J connectivity index is 1.30. The second-order valence-corrected chi connectivity index (χ2v) is 9.35. The second-order valence-electron chi connectivity index (χ2n) is 8.51. The minimum absolute atomic E-state index is 0.141. The maximum absolute atomic E-state index is 12.9. The highest BCUT2D eigenvalue weighted by Gasteiger charge is 2.56. The molecule has 4 atom stereocenters. The van der Waals surface area contributed by atoms with E-state index >= 15 is 0 Å². The van der Waals surface area contributed by atoms with E-state index in [0.29, 0.717) is 27.1 Å². The Morgan fingerprint density at radius 3 is 2.30 bits per heavy atom. The molecule has 4 aliphatic rings. The number of halogens is 2. The highest BCUT2D eigenvalue weighted by Crippen LogP contribution is 2.49. The topological polar surface area (TPSA) is 68.2 Å². The van der Waals surface area contributed by atoms with Gasteiger partial charge in [0.05, 0.1) is 25.2 Å². The van der Waals surface area contributed by atoms with Gasteiger partial charge in [0.2, 0.25) is 0 Å². The van der Waals surface area contributed by atoms with E-state index in [4.69, 9.17) is 32.7 Å². The molecule has 8 heteroatoms. The van der Waals surface area contributed by atoms with Crippen molar-refractivity contribution in [2.75, 3.05) is 7.11 Å². The van der Waals surface area contributed by atoms with Crippen molar-refractivity contribution in [1.82, 2.24) is 5.01 Å². The molecule has 1 saturated heterocycles. The van der Waals surface area contributed by atoms with Crippen molar-refractivity contribution in [1.29, 1.82) is 0 Å². The Hall–Kier alpha value is -2.83. The predicted octanol–water partition coefficient (Wildman–Crippen LogP) is 5.11. The summed E-state index contributed by atoms with van der Waals surface area (Å²) < 4.78 is 11.3. The largest absolute Gasteiger partial charge is 0.493 e. The third kappa shape index (κ3) is 4.02. The van der Waals surface area contributed by atoms with Crippen LogP contribution in [0.25, 0.3) is 0 Å². The highest BCUT2D eigenvalue weighted by molar-refractivity contribution is 6.35. The van der Waals surface area contributed by atoms with Crippen molar-refractivity contribution < 1.29 is 19.1 Å². The predicted molar refractivity (Wildman–Crippen MR) is 126 cm³/mol. The first-order chi connectivity index (χ1) is 16.0. The number of hydrogen-bond acceptors (Lipinski definition) is 5. The maximum Gasteiger partial charge on any atom is 0.254 e. The SMILES string of the molecule is COc1cc(/C=N\N2C(=O)[C@@H]3[C@@H](C2=O)[C@H]2C=C[C@@H]3CC2)ccc1OCc1ccc(Cl)cc1Cl. The minimum Gasteiger partial charge on any atom is -0.493 e. The van der Waals surface area contributed by atoms with Crippen LogP contribution in [-0.2, 0) is 16.2 Å². The van der Waals surface area contributed by atoms with E-state index in [1.54, 1.807) is 37.4 Å². The van der Waals surface area contributed by atoms with Gasteiger partial charge in [0.25, 0.3) is 11.8 Å². The molecule has 2 aromatic rings. The Labute approximate surface area is 201 Å². The van der Waals surface area contributed by atoms with Crippen molar-refractivity contribution in [3.8, 4) is 11.5 Å². The van der Waals surface area contributed by atoms with Crippen LogP contribution in [0.2, 0.25) is 10.0 Å². The first-order valence-corrected chi connectivity index (χ1v) is 11.6. The summed E-state index contributed by atoms with van der Waals surface area (Å²) in [7, 11) is 1.54. The zero-order chi connectivity index (χ0) is 23.1. The number of methoxy groups -OCH3 is 1. The zero-order valence-electron chi connectivity index (χ0n) is 17.9. The van der Waals surface area contributed by atoms with Gasteiger partial charge < -0.3 is 9.47 Å². The molecule has 6 rings (SSSR count). The summed E-state index contributed by atoms with van der Waals surface area (Å²) >= 11 is 12.2. The number of hydrazone groups is 1. The fourth-order valence-electron chi connectivity index (χ4n) is 4.97. The van der Waals surface area contributed by atoms with Gasteiger partial charge in [0.1, 0.15) is 6.61 Å². The fourth-order valence-corrected chi connectivity index (χ4v) is 5.44. The van der Waals surface area contributed by atoms with Gasteiger partial charge in [-0.1, -0.05) is 41.4 Å². The number of fused-ring (bicyclic) bond motifs is 1. The number of hydrogen-bond donors (Lipinski definition) is 0. The van der Waals surface area contributed by atoms with Crippen molar-refractivity contribution in [3.05, 3.63) is 69.7 Å². The maximum atomic E-state index is 12.9. The van der Waals surface area contributed by atoms with Crippen molar-refractivity contribution >= 4 is 41.2 Å². The van der Waals surface area contributed by atoms with Crippen LogP contribution < -0.4 is 9.47 Å². The third-order valence-electron chi connectivity index (χ3n) is 6.64. The molecule has 3 aliphatic carbocycles. The highest BCUT2D eigenvalue weighted by atomic mass is 35.5. The number of benzene rings is 2. The van der Waals surface area contributed by atoms with E-state index < -0.39 is 0 Å². The van der Waals surface area contributed by atoms with Crippen LogP contribution in [-0.4, -0.2) is 30.1 Å². The molecular weight excluding hydrogens is 463 g/mol. The van der Waals surface area contributed by atoms with Crippen LogP contribution in [0.15, 0.2) is 53.7 Å². The normalized spacial score (nSPS) is 25.7. The number of rotatable bonds is 6. The average Bonchev–Trinajstić information content (AvgIpc) is 3.10. The van der Waals surface area contributed by atoms with Gasteiger partial charge in [-0.15, -0.1) is 0 Å². The standard InChI is InChI=1S/C25H22Cl2N2O4/c1-32-21-10-14(2-9-20(21)33-13-17-7-8-18(26)11-19(17)27)12-28-29-24(30)22-15-3-4-16(6-5-15)23(22)25(29)31/h2-4,7-12,15-16,22-23H,5-6,13H2,1H3/b28-12-/t15-,16+,22-,23-/m0/s1. The van der Waals surface area contributed by atoms with E-state index in [1.165, 1.54) is 6.21 Å². The third-order valence-corrected chi connectivity index (χ3v) is 7.23. The molecule has 1 saturated carbocycles. The van der Waals surface area contributed by atoms with Crippen molar-refractivity contribution in [2.45, 2.75) is 19.4 Å². The van der Waals surface area contributed by atoms with Gasteiger partial charge in [-0.3, -0.25) is 9.59 Å². The zero-order valence-corrected chi connectivity index (χ0v) is 19.4. The molecule has 6 nitrogen and oxygen atoms in total. The lowest BCUT2D eigenvalue weighted by Crippen LogP contribution is -2.38. The molecule has 1 aliphatic heterocycles. The molecule has 0 aromatic heterocycles. The molecule has 0 spiro atoms. The smallest absolute Gasteiger partial charge is 0.254 e. The first-order valence-electron chi connectivity index (χ1n) is 10.8. The van der Waals surface area contributed by atoms with E-state index in [-0.39, 0.29) is 42.1 Å². The summed E-state index contributed by atoms with van der Waals surface area (Å²) in [5.74, 6) is 0.359. The van der Waals surface area contributed by atoms with Gasteiger partial charge in [-0.25, -0.2) is 0 Å². The minimum atomic E-state index is -0.275. The van der Waals surface area contributed by atoms with Crippen LogP contribution in [0, 0.1) is 23.7 Å². The van der Waals surface area contributed by atoms with Crippen molar-refractivity contribution in [3.63, 3.8) is 0 Å². The summed E-state index contributed by atoms with van der Waals surface area (Å²) in [5, 5.41) is 6.38. The number of carbonyl (C=O) groups is 2. The van der Waals surface area contributed by atoms with E-state index in [0.717, 1.165) is 23.4 Å². The lowest BCUT2D eigenvalue weighted by atomic mass is 9.63. The van der Waals surface area contributed by atoms with Crippen molar-refractivity contribution in [2.24, 2.45) is 28.8 Å². The van der Waals surface area contributed by atoms with Crippen LogP contribution in [0.5, 0.6) is 11.5 Å². The lowest BCUT2D eigenvalue weighted by molar-refractivity contribution is -0.140. The fraction of sp³-hybridized carbons (Fsp3) is 0.320. The molecule has 2 amide bonds. The van der Waals surface area contributed by atoms with Crippen LogP contribution in [0.4, 0.5) is 0 Å². The summed E-state index contributed by atoms with van der Waals surface area (Å²) in [6.45, 7) is 0.246. The summed E-state index contributed by atoms with van der Waals surface area (Å²) in [4.78, 5) is 25.8. The number of nitrogens with zero attached hydrogens (tertiary/aromatic N) is 2. The van der Waals surface area contributed by atoms with Gasteiger partial charge >= 0.3 is 0 Å². The van der Waals surface area contributed by atoms with E-state index in [9.17, 15) is 9.59 Å². The van der Waals surface area contributed by atoms with Gasteiger partial charge in [0.15, 0.2) is 11.5 Å². The lowest BCUT2D eigenvalue weighted by Gasteiger charge is -2.37. The molecule has 2 fully saturated rings.